The Kier molecular flexibility index (Phi) is 12.6. The minimum Gasteiger partial charge on any atom is -0.464 e. The van der Waals surface area contributed by atoms with Crippen LogP contribution in [0.25, 0.3) is 0 Å². The summed E-state index contributed by atoms with van der Waals surface area (Å²) in [5, 5.41) is 40.3. The summed E-state index contributed by atoms with van der Waals surface area (Å²) in [4.78, 5) is 25.6. The van der Waals surface area contributed by atoms with Gasteiger partial charge in [0.1, 0.15) is 13.2 Å². The molecule has 9 nitrogen and oxygen atoms in total. The molecule has 1 aromatic rings. The molecule has 0 radical (unpaired) electrons. The number of unbranched alkanes of at least 4 members (excludes halogenated alkanes) is 1. The van der Waals surface area contributed by atoms with E-state index in [4.69, 9.17) is 4.74 Å². The number of aliphatic hydroxyl groups excluding tert-OH is 3. The lowest BCUT2D eigenvalue weighted by molar-refractivity contribution is -0.757. The molecule has 0 amide bonds. The van der Waals surface area contributed by atoms with Crippen LogP contribution in [-0.2, 0) is 20.8 Å². The molecule has 0 bridgehead atoms. The molecule has 5 atom stereocenters. The van der Waals surface area contributed by atoms with Gasteiger partial charge in [0.15, 0.2) is 0 Å². The average Bonchev–Trinajstić information content (AvgIpc) is 3.08. The number of aliphatic hydroxyl groups is 3. The summed E-state index contributed by atoms with van der Waals surface area (Å²) in [5.41, 5.74) is 1.19. The molecule has 3 N–H and O–H groups in total. The first-order chi connectivity index (χ1) is 16.4. The van der Waals surface area contributed by atoms with Crippen molar-refractivity contribution in [3.05, 3.63) is 58.2 Å². The molecular formula is C25H37NO8. The number of esters is 1. The van der Waals surface area contributed by atoms with Gasteiger partial charge >= 0.3 is 5.97 Å². The summed E-state index contributed by atoms with van der Waals surface area (Å²) < 4.78 is 4.84. The van der Waals surface area contributed by atoms with Gasteiger partial charge in [0.25, 0.3) is 5.09 Å². The Morgan fingerprint density at radius 2 is 1.85 bits per heavy atom. The minimum atomic E-state index is -0.933. The quantitative estimate of drug-likeness (QED) is 0.108. The van der Waals surface area contributed by atoms with E-state index in [1.165, 1.54) is 5.56 Å². The highest BCUT2D eigenvalue weighted by molar-refractivity contribution is 5.69. The molecular weight excluding hydrogens is 442 g/mol. The molecule has 0 spiro atoms. The molecule has 2 rings (SSSR count). The van der Waals surface area contributed by atoms with Crippen LogP contribution in [0.1, 0.15) is 56.9 Å². The van der Waals surface area contributed by atoms with Crippen LogP contribution in [0, 0.1) is 22.0 Å². The fourth-order valence-electron chi connectivity index (χ4n) is 4.49. The molecule has 1 saturated carbocycles. The molecule has 0 aliphatic heterocycles. The Hall–Kier alpha value is -2.49. The molecule has 0 saturated heterocycles. The fraction of sp³-hybridized carbons (Fsp3) is 0.640. The molecule has 1 aliphatic rings. The topological polar surface area (TPSA) is 139 Å². The van der Waals surface area contributed by atoms with E-state index in [9.17, 15) is 30.2 Å². The SMILES string of the molecule is O=C(CCCC=CCC1C(O)CC(O)C1CCC(O)CCc1ccccc1)OCCO[N+](=O)[O-]. The predicted octanol–water partition coefficient (Wildman–Crippen LogP) is 2.99. The van der Waals surface area contributed by atoms with Gasteiger partial charge in [-0.2, -0.15) is 0 Å². The van der Waals surface area contributed by atoms with Crippen LogP contribution in [-0.4, -0.2) is 57.9 Å². The number of nitrogens with zero attached hydrogens (tertiary/aromatic N) is 1. The van der Waals surface area contributed by atoms with Crippen LogP contribution in [0.3, 0.4) is 0 Å². The summed E-state index contributed by atoms with van der Waals surface area (Å²) in [5.74, 6) is -0.540. The monoisotopic (exact) mass is 479 g/mol. The van der Waals surface area contributed by atoms with E-state index in [1.54, 1.807) is 0 Å². The second-order valence-corrected chi connectivity index (χ2v) is 8.83. The van der Waals surface area contributed by atoms with Gasteiger partial charge in [-0.1, -0.05) is 42.5 Å². The van der Waals surface area contributed by atoms with Crippen molar-refractivity contribution in [2.24, 2.45) is 11.8 Å². The van der Waals surface area contributed by atoms with Crippen LogP contribution >= 0.6 is 0 Å². The normalized spacial score (nSPS) is 23.1. The van der Waals surface area contributed by atoms with Crippen LogP contribution in [0.2, 0.25) is 0 Å². The van der Waals surface area contributed by atoms with Gasteiger partial charge in [0.05, 0.1) is 18.3 Å². The number of hydrogen-bond acceptors (Lipinski definition) is 8. The molecule has 1 aromatic carbocycles. The van der Waals surface area contributed by atoms with Gasteiger partial charge in [-0.05, 0) is 68.8 Å². The molecule has 0 aromatic heterocycles. The Balaban J connectivity index is 1.64. The van der Waals surface area contributed by atoms with Gasteiger partial charge in [-0.25, -0.2) is 0 Å². The van der Waals surface area contributed by atoms with Crippen LogP contribution in [0.5, 0.6) is 0 Å². The number of carbonyl (C=O) groups is 1. The zero-order chi connectivity index (χ0) is 24.8. The number of hydrogen-bond donors (Lipinski definition) is 3. The van der Waals surface area contributed by atoms with Crippen LogP contribution < -0.4 is 0 Å². The number of ether oxygens (including phenoxy) is 1. The van der Waals surface area contributed by atoms with E-state index >= 15 is 0 Å². The Morgan fingerprint density at radius 3 is 2.59 bits per heavy atom. The smallest absolute Gasteiger partial charge is 0.305 e. The second kappa shape index (κ2) is 15.4. The highest BCUT2D eigenvalue weighted by Crippen LogP contribution is 2.38. The van der Waals surface area contributed by atoms with Gasteiger partial charge in [-0.3, -0.25) is 4.79 Å². The number of carbonyl (C=O) groups excluding carboxylic acids is 1. The van der Waals surface area contributed by atoms with Crippen molar-refractivity contribution in [2.75, 3.05) is 13.2 Å². The Morgan fingerprint density at radius 1 is 1.12 bits per heavy atom. The van der Waals surface area contributed by atoms with Gasteiger partial charge in [0, 0.05) is 6.42 Å². The summed E-state index contributed by atoms with van der Waals surface area (Å²) in [7, 11) is 0. The maximum Gasteiger partial charge on any atom is 0.305 e. The number of allylic oxidation sites excluding steroid dienone is 2. The lowest BCUT2D eigenvalue weighted by Crippen LogP contribution is -2.23. The average molecular weight is 480 g/mol. The highest BCUT2D eigenvalue weighted by Gasteiger charge is 2.40. The van der Waals surface area contributed by atoms with Crippen molar-refractivity contribution in [3.8, 4) is 0 Å². The maximum absolute atomic E-state index is 11.6. The lowest BCUT2D eigenvalue weighted by atomic mass is 9.85. The second-order valence-electron chi connectivity index (χ2n) is 8.83. The van der Waals surface area contributed by atoms with Crippen molar-refractivity contribution in [2.45, 2.75) is 76.1 Å². The standard InChI is InChI=1S/C25H37NO8/c27-20(13-12-19-8-4-3-5-9-19)14-15-22-21(23(28)18-24(22)29)10-6-1-2-7-11-25(30)33-16-17-34-26(31)32/h1,3-6,8-9,20-24,27-29H,2,7,10-18H2. The van der Waals surface area contributed by atoms with Crippen molar-refractivity contribution in [3.63, 3.8) is 0 Å². The van der Waals surface area contributed by atoms with Crippen LogP contribution in [0.15, 0.2) is 42.5 Å². The van der Waals surface area contributed by atoms with E-state index in [-0.39, 0.29) is 31.5 Å². The first-order valence-corrected chi connectivity index (χ1v) is 12.0. The molecule has 5 unspecified atom stereocenters. The first-order valence-electron chi connectivity index (χ1n) is 12.0. The van der Waals surface area contributed by atoms with E-state index in [0.717, 1.165) is 6.42 Å². The van der Waals surface area contributed by atoms with E-state index in [0.29, 0.717) is 44.9 Å². The van der Waals surface area contributed by atoms with E-state index in [2.05, 4.69) is 4.84 Å². The van der Waals surface area contributed by atoms with Gasteiger partial charge in [0.2, 0.25) is 0 Å². The van der Waals surface area contributed by atoms with E-state index in [1.807, 2.05) is 42.5 Å². The van der Waals surface area contributed by atoms with Crippen molar-refractivity contribution >= 4 is 5.97 Å². The van der Waals surface area contributed by atoms with Crippen molar-refractivity contribution < 1.29 is 34.8 Å². The first kappa shape index (κ1) is 27.8. The fourth-order valence-corrected chi connectivity index (χ4v) is 4.49. The summed E-state index contributed by atoms with van der Waals surface area (Å²) in [6.07, 6.45) is 7.53. The highest BCUT2D eigenvalue weighted by atomic mass is 17.0. The van der Waals surface area contributed by atoms with Crippen molar-refractivity contribution in [1.29, 1.82) is 0 Å². The third-order valence-electron chi connectivity index (χ3n) is 6.33. The van der Waals surface area contributed by atoms with Gasteiger partial charge in [-0.15, -0.1) is 10.1 Å². The molecule has 0 heterocycles. The Labute approximate surface area is 200 Å². The zero-order valence-electron chi connectivity index (χ0n) is 19.5. The molecule has 1 aliphatic carbocycles. The summed E-state index contributed by atoms with van der Waals surface area (Å²) in [6.45, 7) is -0.431. The minimum absolute atomic E-state index is 0.0533. The summed E-state index contributed by atoms with van der Waals surface area (Å²) in [6, 6.07) is 10.0. The zero-order valence-corrected chi connectivity index (χ0v) is 19.5. The largest absolute Gasteiger partial charge is 0.464 e. The van der Waals surface area contributed by atoms with E-state index < -0.39 is 29.4 Å². The number of rotatable bonds is 16. The summed E-state index contributed by atoms with van der Waals surface area (Å²) >= 11 is 0. The lowest BCUT2D eigenvalue weighted by Gasteiger charge is -2.23. The third-order valence-corrected chi connectivity index (χ3v) is 6.33. The van der Waals surface area contributed by atoms with Crippen LogP contribution in [0.4, 0.5) is 0 Å². The Bertz CT molecular complexity index is 757. The number of benzene rings is 1. The van der Waals surface area contributed by atoms with Crippen molar-refractivity contribution in [1.82, 2.24) is 0 Å². The maximum atomic E-state index is 11.6. The molecule has 190 valence electrons. The molecule has 9 heteroatoms. The predicted molar refractivity (Wildman–Crippen MR) is 125 cm³/mol. The number of aryl methyl sites for hydroxylation is 1. The molecule has 34 heavy (non-hydrogen) atoms. The molecule has 1 fully saturated rings. The third kappa shape index (κ3) is 10.6. The van der Waals surface area contributed by atoms with Gasteiger partial charge < -0.3 is 24.9 Å².